The van der Waals surface area contributed by atoms with Gasteiger partial charge in [0.1, 0.15) is 0 Å². The molecule has 24 heavy (non-hydrogen) atoms. The van der Waals surface area contributed by atoms with Crippen molar-refractivity contribution in [1.82, 2.24) is 4.98 Å². The second-order valence-electron chi connectivity index (χ2n) is 4.29. The summed E-state index contributed by atoms with van der Waals surface area (Å²) in [6, 6.07) is 4.13. The zero-order chi connectivity index (χ0) is 17.7. The van der Waals surface area contributed by atoms with Crippen LogP contribution in [-0.4, -0.2) is 29.8 Å². The summed E-state index contributed by atoms with van der Waals surface area (Å²) < 4.78 is 5.62. The monoisotopic (exact) mass is 405 g/mol. The van der Waals surface area contributed by atoms with Crippen LogP contribution in [-0.2, 0) is 4.74 Å². The molecule has 0 saturated heterocycles. The van der Waals surface area contributed by atoms with Crippen LogP contribution in [0.5, 0.6) is 0 Å². The number of aromatic nitrogens is 1. The summed E-state index contributed by atoms with van der Waals surface area (Å²) in [5.41, 5.74) is 0.458. The first-order chi connectivity index (χ1) is 11.4. The van der Waals surface area contributed by atoms with Crippen molar-refractivity contribution in [1.29, 1.82) is 0 Å². The molecule has 1 aromatic heterocycles. The smallest absolute Gasteiger partial charge is 0.352 e. The fourth-order valence-electron chi connectivity index (χ4n) is 1.65. The highest BCUT2D eigenvalue weighted by Gasteiger charge is 2.21. The number of thiazole rings is 1. The van der Waals surface area contributed by atoms with E-state index in [1.807, 2.05) is 6.26 Å². The SMILES string of the molecule is CCOC(=O)c1sc(SC)nc1NC(=O)Nc1ccc(Cl)c(Cl)c1. The number of amides is 2. The summed E-state index contributed by atoms with van der Waals surface area (Å²) in [5.74, 6) is -0.375. The Balaban J connectivity index is 2.14. The Kier molecular flexibility index (Phi) is 6.73. The van der Waals surface area contributed by atoms with Gasteiger partial charge in [-0.15, -0.1) is 0 Å². The number of benzene rings is 1. The molecule has 0 bridgehead atoms. The van der Waals surface area contributed by atoms with Crippen molar-refractivity contribution in [2.45, 2.75) is 11.3 Å². The average molecular weight is 406 g/mol. The third-order valence-corrected chi connectivity index (χ3v) is 5.41. The maximum absolute atomic E-state index is 12.1. The quantitative estimate of drug-likeness (QED) is 0.540. The number of halogens is 2. The van der Waals surface area contributed by atoms with Gasteiger partial charge in [0.2, 0.25) is 0 Å². The van der Waals surface area contributed by atoms with Gasteiger partial charge in [-0.3, -0.25) is 5.32 Å². The summed E-state index contributed by atoms with van der Waals surface area (Å²) in [7, 11) is 0. The number of carbonyl (C=O) groups excluding carboxylic acids is 2. The second-order valence-corrected chi connectivity index (χ2v) is 7.16. The van der Waals surface area contributed by atoms with Gasteiger partial charge in [0.15, 0.2) is 15.0 Å². The molecule has 128 valence electrons. The van der Waals surface area contributed by atoms with Crippen molar-refractivity contribution in [3.63, 3.8) is 0 Å². The van der Waals surface area contributed by atoms with Crippen LogP contribution in [0.2, 0.25) is 10.0 Å². The van der Waals surface area contributed by atoms with Crippen molar-refractivity contribution < 1.29 is 14.3 Å². The van der Waals surface area contributed by atoms with Crippen molar-refractivity contribution >= 4 is 69.8 Å². The normalized spacial score (nSPS) is 10.3. The third-order valence-electron chi connectivity index (χ3n) is 2.65. The van der Waals surface area contributed by atoms with Crippen molar-refractivity contribution in [2.24, 2.45) is 0 Å². The number of nitrogens with zero attached hydrogens (tertiary/aromatic N) is 1. The number of hydrogen-bond acceptors (Lipinski definition) is 6. The number of carbonyl (C=O) groups is 2. The topological polar surface area (TPSA) is 80.3 Å². The fourth-order valence-corrected chi connectivity index (χ4v) is 3.36. The lowest BCUT2D eigenvalue weighted by molar-refractivity contribution is 0.0533. The van der Waals surface area contributed by atoms with Crippen LogP contribution in [0.1, 0.15) is 16.6 Å². The Bertz CT molecular complexity index is 768. The number of anilines is 2. The molecule has 10 heteroatoms. The predicted octanol–water partition coefficient (Wildman–Crippen LogP) is 4.99. The van der Waals surface area contributed by atoms with Gasteiger partial charge in [-0.05, 0) is 31.4 Å². The molecule has 0 aliphatic rings. The molecule has 2 aromatic rings. The summed E-state index contributed by atoms with van der Waals surface area (Å²) in [5, 5.41) is 5.85. The number of rotatable bonds is 5. The van der Waals surface area contributed by atoms with Gasteiger partial charge in [-0.25, -0.2) is 14.6 Å². The molecule has 1 aromatic carbocycles. The van der Waals surface area contributed by atoms with Crippen LogP contribution in [0.25, 0.3) is 0 Å². The van der Waals surface area contributed by atoms with Crippen LogP contribution < -0.4 is 10.6 Å². The number of nitrogens with one attached hydrogen (secondary N) is 2. The first kappa shape index (κ1) is 18.9. The molecule has 0 radical (unpaired) electrons. The van der Waals surface area contributed by atoms with E-state index in [1.54, 1.807) is 19.1 Å². The highest BCUT2D eigenvalue weighted by Crippen LogP contribution is 2.30. The van der Waals surface area contributed by atoms with Gasteiger partial charge in [0, 0.05) is 5.69 Å². The van der Waals surface area contributed by atoms with E-state index in [4.69, 9.17) is 27.9 Å². The molecular weight excluding hydrogens is 393 g/mol. The van der Waals surface area contributed by atoms with Crippen LogP contribution >= 0.6 is 46.3 Å². The lowest BCUT2D eigenvalue weighted by Gasteiger charge is -2.08. The highest BCUT2D eigenvalue weighted by atomic mass is 35.5. The van der Waals surface area contributed by atoms with Crippen molar-refractivity contribution in [2.75, 3.05) is 23.5 Å². The zero-order valence-electron chi connectivity index (χ0n) is 12.7. The van der Waals surface area contributed by atoms with Gasteiger partial charge in [0.25, 0.3) is 0 Å². The minimum Gasteiger partial charge on any atom is -0.462 e. The molecule has 0 saturated carbocycles. The lowest BCUT2D eigenvalue weighted by atomic mass is 10.3. The van der Waals surface area contributed by atoms with E-state index in [-0.39, 0.29) is 17.3 Å². The average Bonchev–Trinajstić information content (AvgIpc) is 2.94. The molecule has 2 N–H and O–H groups in total. The number of thioether (sulfide) groups is 1. The summed E-state index contributed by atoms with van der Waals surface area (Å²) >= 11 is 14.3. The van der Waals surface area contributed by atoms with E-state index >= 15 is 0 Å². The molecule has 0 atom stereocenters. The Hall–Kier alpha value is -1.48. The molecule has 6 nitrogen and oxygen atoms in total. The first-order valence-electron chi connectivity index (χ1n) is 6.69. The zero-order valence-corrected chi connectivity index (χ0v) is 15.8. The van der Waals surface area contributed by atoms with E-state index in [2.05, 4.69) is 15.6 Å². The predicted molar refractivity (Wildman–Crippen MR) is 99.0 cm³/mol. The Morgan fingerprint density at radius 2 is 2.04 bits per heavy atom. The van der Waals surface area contributed by atoms with Crippen LogP contribution in [0, 0.1) is 0 Å². The lowest BCUT2D eigenvalue weighted by Crippen LogP contribution is -2.21. The molecule has 2 amide bonds. The first-order valence-corrected chi connectivity index (χ1v) is 9.49. The molecule has 2 rings (SSSR count). The molecule has 0 aliphatic carbocycles. The van der Waals surface area contributed by atoms with Crippen molar-refractivity contribution in [3.05, 3.63) is 33.1 Å². The largest absolute Gasteiger partial charge is 0.462 e. The minimum atomic E-state index is -0.558. The van der Waals surface area contributed by atoms with Gasteiger partial charge < -0.3 is 10.1 Å². The van der Waals surface area contributed by atoms with Gasteiger partial charge >= 0.3 is 12.0 Å². The molecule has 0 aliphatic heterocycles. The van der Waals surface area contributed by atoms with Gasteiger partial charge in [0.05, 0.1) is 16.7 Å². The second kappa shape index (κ2) is 8.57. The van der Waals surface area contributed by atoms with E-state index < -0.39 is 12.0 Å². The van der Waals surface area contributed by atoms with E-state index in [1.165, 1.54) is 17.8 Å². The van der Waals surface area contributed by atoms with Gasteiger partial charge in [-0.2, -0.15) is 0 Å². The van der Waals surface area contributed by atoms with Crippen molar-refractivity contribution in [3.8, 4) is 0 Å². The molecule has 0 unspecified atom stereocenters. The number of ether oxygens (including phenoxy) is 1. The molecular formula is C14H13Cl2N3O3S2. The molecule has 1 heterocycles. The fraction of sp³-hybridized carbons (Fsp3) is 0.214. The Labute approximate surface area is 156 Å². The standard InChI is InChI=1S/C14H13Cl2N3O3S2/c1-3-22-12(20)10-11(19-14(23-2)24-10)18-13(21)17-7-4-5-8(15)9(16)6-7/h4-6H,3H2,1-2H3,(H2,17,18,21). The number of urea groups is 1. The summed E-state index contributed by atoms with van der Waals surface area (Å²) in [6.45, 7) is 1.94. The number of esters is 1. The van der Waals surface area contributed by atoms with E-state index in [9.17, 15) is 9.59 Å². The number of hydrogen-bond donors (Lipinski definition) is 2. The highest BCUT2D eigenvalue weighted by molar-refractivity contribution is 8.00. The minimum absolute atomic E-state index is 0.153. The van der Waals surface area contributed by atoms with E-state index in [0.29, 0.717) is 20.1 Å². The molecule has 0 fully saturated rings. The van der Waals surface area contributed by atoms with E-state index in [0.717, 1.165) is 11.3 Å². The summed E-state index contributed by atoms with van der Waals surface area (Å²) in [6.07, 6.45) is 1.83. The van der Waals surface area contributed by atoms with Crippen LogP contribution in [0.15, 0.2) is 22.5 Å². The van der Waals surface area contributed by atoms with Crippen LogP contribution in [0.3, 0.4) is 0 Å². The summed E-state index contributed by atoms with van der Waals surface area (Å²) in [4.78, 5) is 28.5. The maximum Gasteiger partial charge on any atom is 0.352 e. The molecule has 0 spiro atoms. The Morgan fingerprint density at radius 3 is 2.67 bits per heavy atom. The Morgan fingerprint density at radius 1 is 1.29 bits per heavy atom. The van der Waals surface area contributed by atoms with Gasteiger partial charge in [-0.1, -0.05) is 46.3 Å². The maximum atomic E-state index is 12.1. The van der Waals surface area contributed by atoms with Crippen LogP contribution in [0.4, 0.5) is 16.3 Å². The third kappa shape index (κ3) is 4.76.